The first kappa shape index (κ1) is 17.3. The lowest BCUT2D eigenvalue weighted by Gasteiger charge is -2.31. The quantitative estimate of drug-likeness (QED) is 0.902. The maximum absolute atomic E-state index is 12.4. The summed E-state index contributed by atoms with van der Waals surface area (Å²) in [7, 11) is 0. The largest absolute Gasteiger partial charge is 0.338 e. The minimum Gasteiger partial charge on any atom is -0.338 e. The van der Waals surface area contributed by atoms with Crippen LogP contribution in [0, 0.1) is 5.92 Å². The third-order valence-corrected chi connectivity index (χ3v) is 4.43. The van der Waals surface area contributed by atoms with Crippen LogP contribution in [-0.2, 0) is 6.42 Å². The number of hydrogen-bond acceptors (Lipinski definition) is 5. The van der Waals surface area contributed by atoms with Gasteiger partial charge in [0, 0.05) is 13.1 Å². The molecule has 1 aromatic heterocycles. The Morgan fingerprint density at radius 2 is 2.10 bits per heavy atom. The molecular formula is C13H23ClN4OS. The number of aromatic nitrogens is 2. The number of rotatable bonds is 5. The Bertz CT molecular complexity index is 418. The van der Waals surface area contributed by atoms with Gasteiger partial charge in [0.25, 0.3) is 5.91 Å². The van der Waals surface area contributed by atoms with Crippen molar-refractivity contribution in [1.29, 1.82) is 0 Å². The van der Waals surface area contributed by atoms with Crippen LogP contribution < -0.4 is 5.32 Å². The highest BCUT2D eigenvalue weighted by Crippen LogP contribution is 2.21. The molecule has 1 aromatic rings. The van der Waals surface area contributed by atoms with Gasteiger partial charge in [-0.25, -0.2) is 0 Å². The predicted octanol–water partition coefficient (Wildman–Crippen LogP) is 1.98. The van der Waals surface area contributed by atoms with E-state index >= 15 is 0 Å². The summed E-state index contributed by atoms with van der Waals surface area (Å²) in [5.74, 6) is 0.822. The summed E-state index contributed by atoms with van der Waals surface area (Å²) >= 11 is 1.23. The van der Waals surface area contributed by atoms with Crippen molar-refractivity contribution in [3.63, 3.8) is 0 Å². The van der Waals surface area contributed by atoms with Gasteiger partial charge in [-0.2, -0.15) is 0 Å². The number of halogens is 1. The zero-order valence-corrected chi connectivity index (χ0v) is 13.7. The van der Waals surface area contributed by atoms with Crippen LogP contribution >= 0.6 is 23.9 Å². The Morgan fingerprint density at radius 3 is 2.70 bits per heavy atom. The first-order valence-electron chi connectivity index (χ1n) is 7.07. The van der Waals surface area contributed by atoms with Crippen LogP contribution in [0.15, 0.2) is 0 Å². The number of amides is 1. The van der Waals surface area contributed by atoms with Crippen molar-refractivity contribution >= 4 is 29.8 Å². The number of nitrogens with zero attached hydrogens (tertiary/aromatic N) is 3. The maximum atomic E-state index is 12.4. The molecule has 0 spiro atoms. The molecule has 1 N–H and O–H groups in total. The van der Waals surface area contributed by atoms with Gasteiger partial charge in [0.2, 0.25) is 0 Å². The summed E-state index contributed by atoms with van der Waals surface area (Å²) in [5.41, 5.74) is 0.838. The molecule has 5 nitrogen and oxygen atoms in total. The molecule has 0 bridgehead atoms. The van der Waals surface area contributed by atoms with Gasteiger partial charge in [-0.1, -0.05) is 18.3 Å². The van der Waals surface area contributed by atoms with Crippen molar-refractivity contribution in [1.82, 2.24) is 19.8 Å². The second kappa shape index (κ2) is 8.54. The van der Waals surface area contributed by atoms with Gasteiger partial charge in [0.1, 0.15) is 4.88 Å². The standard InChI is InChI=1S/C13H22N4OS.ClH/c1-3-11-12(19-16-15-11)13(18)17-7-5-10(6-8-17)9-14-4-2;/h10,14H,3-9H2,1-2H3;1H. The molecule has 1 amide bonds. The van der Waals surface area contributed by atoms with Crippen molar-refractivity contribution < 1.29 is 4.79 Å². The first-order valence-corrected chi connectivity index (χ1v) is 7.84. The Balaban J connectivity index is 0.00000200. The fraction of sp³-hybridized carbons (Fsp3) is 0.769. The highest BCUT2D eigenvalue weighted by molar-refractivity contribution is 7.08. The lowest BCUT2D eigenvalue weighted by atomic mass is 9.96. The number of piperidine rings is 1. The lowest BCUT2D eigenvalue weighted by Crippen LogP contribution is -2.40. The van der Waals surface area contributed by atoms with Crippen LogP contribution in [0.1, 0.15) is 42.1 Å². The molecule has 7 heteroatoms. The number of likely N-dealkylation sites (tertiary alicyclic amines) is 1. The second-order valence-corrected chi connectivity index (χ2v) is 5.70. The zero-order chi connectivity index (χ0) is 13.7. The molecule has 0 aromatic carbocycles. The Kier molecular flexibility index (Phi) is 7.40. The van der Waals surface area contributed by atoms with E-state index in [1.807, 2.05) is 11.8 Å². The van der Waals surface area contributed by atoms with Crippen LogP contribution in [0.2, 0.25) is 0 Å². The number of hydrogen-bond donors (Lipinski definition) is 1. The van der Waals surface area contributed by atoms with E-state index in [0.29, 0.717) is 5.92 Å². The van der Waals surface area contributed by atoms with Gasteiger partial charge < -0.3 is 10.2 Å². The van der Waals surface area contributed by atoms with E-state index < -0.39 is 0 Å². The number of carbonyl (C=O) groups excluding carboxylic acids is 1. The van der Waals surface area contributed by atoms with Gasteiger partial charge in [0.05, 0.1) is 5.69 Å². The van der Waals surface area contributed by atoms with Crippen molar-refractivity contribution in [3.8, 4) is 0 Å². The Morgan fingerprint density at radius 1 is 1.40 bits per heavy atom. The van der Waals surface area contributed by atoms with Crippen LogP contribution in [0.5, 0.6) is 0 Å². The third-order valence-electron chi connectivity index (χ3n) is 3.67. The summed E-state index contributed by atoms with van der Waals surface area (Å²) in [6.45, 7) is 7.94. The summed E-state index contributed by atoms with van der Waals surface area (Å²) < 4.78 is 3.90. The topological polar surface area (TPSA) is 58.1 Å². The molecule has 0 atom stereocenters. The van der Waals surface area contributed by atoms with Gasteiger partial charge in [-0.3, -0.25) is 4.79 Å². The van der Waals surface area contributed by atoms with Gasteiger partial charge in [-0.05, 0) is 49.8 Å². The highest BCUT2D eigenvalue weighted by atomic mass is 35.5. The normalized spacial score (nSPS) is 16.0. The minimum absolute atomic E-state index is 0. The van der Waals surface area contributed by atoms with Gasteiger partial charge in [0.15, 0.2) is 0 Å². The van der Waals surface area contributed by atoms with Crippen LogP contribution in [0.3, 0.4) is 0 Å². The van der Waals surface area contributed by atoms with Crippen molar-refractivity contribution in [2.45, 2.75) is 33.1 Å². The summed E-state index contributed by atoms with van der Waals surface area (Å²) in [6, 6.07) is 0. The molecule has 0 unspecified atom stereocenters. The molecule has 20 heavy (non-hydrogen) atoms. The van der Waals surface area contributed by atoms with Crippen molar-refractivity contribution in [2.24, 2.45) is 5.92 Å². The Hall–Kier alpha value is -0.720. The summed E-state index contributed by atoms with van der Waals surface area (Å²) in [4.78, 5) is 15.1. The number of aryl methyl sites for hydroxylation is 1. The smallest absolute Gasteiger partial charge is 0.267 e. The fourth-order valence-electron chi connectivity index (χ4n) is 2.43. The molecule has 0 saturated carbocycles. The molecule has 1 aliphatic rings. The average Bonchev–Trinajstić information content (AvgIpc) is 2.93. The Labute approximate surface area is 130 Å². The number of carbonyl (C=O) groups is 1. The lowest BCUT2D eigenvalue weighted by molar-refractivity contribution is 0.0694. The van der Waals surface area contributed by atoms with Crippen LogP contribution in [0.4, 0.5) is 0 Å². The van der Waals surface area contributed by atoms with E-state index in [-0.39, 0.29) is 18.3 Å². The van der Waals surface area contributed by atoms with E-state index in [1.165, 1.54) is 11.5 Å². The molecular weight excluding hydrogens is 296 g/mol. The molecule has 0 radical (unpaired) electrons. The fourth-order valence-corrected chi connectivity index (χ4v) is 3.15. The molecule has 114 valence electrons. The van der Waals surface area contributed by atoms with E-state index in [1.54, 1.807) is 0 Å². The number of nitrogens with one attached hydrogen (secondary N) is 1. The second-order valence-electron chi connectivity index (χ2n) is 4.95. The predicted molar refractivity (Wildman–Crippen MR) is 83.7 cm³/mol. The zero-order valence-electron chi connectivity index (χ0n) is 12.1. The maximum Gasteiger partial charge on any atom is 0.267 e. The summed E-state index contributed by atoms with van der Waals surface area (Å²) in [5, 5.41) is 7.40. The van der Waals surface area contributed by atoms with Crippen molar-refractivity contribution in [3.05, 3.63) is 10.6 Å². The van der Waals surface area contributed by atoms with E-state index in [2.05, 4.69) is 21.8 Å². The minimum atomic E-state index is 0. The van der Waals surface area contributed by atoms with E-state index in [4.69, 9.17) is 0 Å². The average molecular weight is 319 g/mol. The molecule has 2 heterocycles. The molecule has 1 saturated heterocycles. The van der Waals surface area contributed by atoms with Crippen LogP contribution in [-0.4, -0.2) is 46.6 Å². The molecule has 0 aliphatic carbocycles. The van der Waals surface area contributed by atoms with Gasteiger partial charge in [-0.15, -0.1) is 17.5 Å². The van der Waals surface area contributed by atoms with E-state index in [9.17, 15) is 4.79 Å². The van der Waals surface area contributed by atoms with Crippen LogP contribution in [0.25, 0.3) is 0 Å². The van der Waals surface area contributed by atoms with Gasteiger partial charge >= 0.3 is 0 Å². The first-order chi connectivity index (χ1) is 9.26. The molecule has 2 rings (SSSR count). The SMILES string of the molecule is CCNCC1CCN(C(=O)c2snnc2CC)CC1.Cl. The molecule has 1 fully saturated rings. The van der Waals surface area contributed by atoms with Crippen molar-refractivity contribution in [2.75, 3.05) is 26.2 Å². The monoisotopic (exact) mass is 318 g/mol. The molecule has 1 aliphatic heterocycles. The van der Waals surface area contributed by atoms with E-state index in [0.717, 1.165) is 56.0 Å². The highest BCUT2D eigenvalue weighted by Gasteiger charge is 2.26. The third kappa shape index (κ3) is 4.14. The summed E-state index contributed by atoms with van der Waals surface area (Å²) in [6.07, 6.45) is 2.95.